The van der Waals surface area contributed by atoms with Crippen molar-refractivity contribution in [2.75, 3.05) is 0 Å². The lowest BCUT2D eigenvalue weighted by Gasteiger charge is -2.20. The van der Waals surface area contributed by atoms with Crippen LogP contribution in [-0.4, -0.2) is 20.6 Å². The molecule has 1 heterocycles. The molecule has 0 fully saturated rings. The van der Waals surface area contributed by atoms with Crippen molar-refractivity contribution in [1.29, 1.82) is 0 Å². The van der Waals surface area contributed by atoms with E-state index in [-0.39, 0.29) is 11.6 Å². The van der Waals surface area contributed by atoms with E-state index in [9.17, 15) is 19.8 Å². The molecular weight excluding hydrogens is 258 g/mol. The van der Waals surface area contributed by atoms with E-state index >= 15 is 0 Å². The number of carbonyl (C=O) groups is 1. The van der Waals surface area contributed by atoms with Crippen LogP contribution in [-0.2, 0) is 6.54 Å². The average Bonchev–Trinajstić information content (AvgIpc) is 2.39. The largest absolute Gasteiger partial charge is 0.503 e. The highest BCUT2D eigenvalue weighted by Gasteiger charge is 2.20. The van der Waals surface area contributed by atoms with E-state index in [1.54, 1.807) is 0 Å². The highest BCUT2D eigenvalue weighted by Crippen LogP contribution is 2.24. The number of rotatable bonds is 7. The lowest BCUT2D eigenvalue weighted by molar-refractivity contribution is 0.0996. The standard InChI is InChI=1S/C15H23NO4/c1-4-6-7-11(5-2)9-16-13(19)8-12(18)15(20)14(16)10(3)17/h8,11,19-20H,4-7,9H2,1-3H3. The molecule has 1 rings (SSSR count). The molecule has 0 spiro atoms. The molecule has 0 amide bonds. The lowest BCUT2D eigenvalue weighted by Crippen LogP contribution is -2.20. The van der Waals surface area contributed by atoms with Gasteiger partial charge in [-0.15, -0.1) is 0 Å². The van der Waals surface area contributed by atoms with Crippen LogP contribution >= 0.6 is 0 Å². The van der Waals surface area contributed by atoms with Crippen LogP contribution in [0.25, 0.3) is 0 Å². The molecule has 0 aliphatic carbocycles. The van der Waals surface area contributed by atoms with Crippen LogP contribution in [0, 0.1) is 5.92 Å². The SMILES string of the molecule is CCCCC(CC)Cn1c(O)cc(=O)c(O)c1C(C)=O. The zero-order valence-electron chi connectivity index (χ0n) is 12.3. The first-order valence-corrected chi connectivity index (χ1v) is 7.09. The second-order valence-electron chi connectivity index (χ2n) is 5.15. The molecular formula is C15H23NO4. The van der Waals surface area contributed by atoms with Crippen molar-refractivity contribution in [3.63, 3.8) is 0 Å². The Kier molecular flexibility index (Phi) is 5.80. The zero-order valence-corrected chi connectivity index (χ0v) is 12.3. The van der Waals surface area contributed by atoms with Gasteiger partial charge >= 0.3 is 0 Å². The van der Waals surface area contributed by atoms with Gasteiger partial charge in [-0.1, -0.05) is 33.1 Å². The van der Waals surface area contributed by atoms with Crippen LogP contribution in [0.4, 0.5) is 0 Å². The van der Waals surface area contributed by atoms with E-state index in [1.807, 2.05) is 6.92 Å². The van der Waals surface area contributed by atoms with E-state index in [2.05, 4.69) is 6.92 Å². The molecule has 0 saturated heterocycles. The van der Waals surface area contributed by atoms with Crippen LogP contribution < -0.4 is 5.43 Å². The molecule has 0 aliphatic heterocycles. The third-order valence-electron chi connectivity index (χ3n) is 3.58. The Morgan fingerprint density at radius 1 is 1.35 bits per heavy atom. The van der Waals surface area contributed by atoms with E-state index in [4.69, 9.17) is 0 Å². The zero-order chi connectivity index (χ0) is 15.3. The fourth-order valence-corrected chi connectivity index (χ4v) is 2.34. The summed E-state index contributed by atoms with van der Waals surface area (Å²) in [7, 11) is 0. The van der Waals surface area contributed by atoms with E-state index in [0.717, 1.165) is 31.7 Å². The molecule has 5 nitrogen and oxygen atoms in total. The number of carbonyl (C=O) groups excluding carboxylic acids is 1. The van der Waals surface area contributed by atoms with E-state index in [1.165, 1.54) is 11.5 Å². The average molecular weight is 281 g/mol. The van der Waals surface area contributed by atoms with Crippen LogP contribution in [0.1, 0.15) is 56.9 Å². The quantitative estimate of drug-likeness (QED) is 0.753. The van der Waals surface area contributed by atoms with Gasteiger partial charge in [0.1, 0.15) is 5.69 Å². The summed E-state index contributed by atoms with van der Waals surface area (Å²) in [5.41, 5.74) is -0.837. The summed E-state index contributed by atoms with van der Waals surface area (Å²) >= 11 is 0. The number of Topliss-reactive ketones (excluding diaryl/α,β-unsaturated/α-hetero) is 1. The van der Waals surface area contributed by atoms with Gasteiger partial charge in [-0.25, -0.2) is 0 Å². The molecule has 2 N–H and O–H groups in total. The smallest absolute Gasteiger partial charge is 0.227 e. The molecule has 1 aromatic heterocycles. The van der Waals surface area contributed by atoms with Crippen molar-refractivity contribution in [3.8, 4) is 11.6 Å². The summed E-state index contributed by atoms with van der Waals surface area (Å²) in [5, 5.41) is 19.7. The van der Waals surface area contributed by atoms with Crippen molar-refractivity contribution in [3.05, 3.63) is 22.0 Å². The number of aromatic nitrogens is 1. The predicted octanol–water partition coefficient (Wildman–Crippen LogP) is 2.68. The van der Waals surface area contributed by atoms with Gasteiger partial charge in [0, 0.05) is 19.5 Å². The molecule has 20 heavy (non-hydrogen) atoms. The van der Waals surface area contributed by atoms with Gasteiger partial charge in [-0.2, -0.15) is 0 Å². The number of ketones is 1. The van der Waals surface area contributed by atoms with E-state index in [0.29, 0.717) is 12.5 Å². The minimum atomic E-state index is -0.731. The van der Waals surface area contributed by atoms with Gasteiger partial charge in [0.25, 0.3) is 0 Å². The highest BCUT2D eigenvalue weighted by molar-refractivity contribution is 5.95. The minimum absolute atomic E-state index is 0.107. The monoisotopic (exact) mass is 281 g/mol. The highest BCUT2D eigenvalue weighted by atomic mass is 16.3. The van der Waals surface area contributed by atoms with Gasteiger partial charge in [0.2, 0.25) is 5.43 Å². The summed E-state index contributed by atoms with van der Waals surface area (Å²) < 4.78 is 1.35. The molecule has 0 aromatic carbocycles. The Labute approximate surface area is 118 Å². The van der Waals surface area contributed by atoms with Crippen LogP contribution in [0.2, 0.25) is 0 Å². The number of aromatic hydroxyl groups is 2. The Balaban J connectivity index is 3.19. The van der Waals surface area contributed by atoms with Crippen LogP contribution in [0.5, 0.6) is 11.6 Å². The van der Waals surface area contributed by atoms with E-state index < -0.39 is 17.0 Å². The van der Waals surface area contributed by atoms with Crippen molar-refractivity contribution in [2.45, 2.75) is 53.0 Å². The lowest BCUT2D eigenvalue weighted by atomic mass is 9.99. The summed E-state index contributed by atoms with van der Waals surface area (Å²) in [4.78, 5) is 23.1. The number of hydrogen-bond acceptors (Lipinski definition) is 4. The molecule has 1 aromatic rings. The number of nitrogens with zero attached hydrogens (tertiary/aromatic N) is 1. The molecule has 0 radical (unpaired) electrons. The van der Waals surface area contributed by atoms with Crippen molar-refractivity contribution < 1.29 is 15.0 Å². The summed E-state index contributed by atoms with van der Waals surface area (Å²) in [6, 6.07) is 0.953. The van der Waals surface area contributed by atoms with Crippen molar-refractivity contribution in [1.82, 2.24) is 4.57 Å². The fraction of sp³-hybridized carbons (Fsp3) is 0.600. The first kappa shape index (κ1) is 16.3. The Morgan fingerprint density at radius 3 is 2.50 bits per heavy atom. The number of unbranched alkanes of at least 4 members (excludes halogenated alkanes) is 1. The van der Waals surface area contributed by atoms with Gasteiger partial charge in [-0.3, -0.25) is 9.59 Å². The topological polar surface area (TPSA) is 79.5 Å². The Hall–Kier alpha value is -1.78. The van der Waals surface area contributed by atoms with Gasteiger partial charge in [0.15, 0.2) is 17.4 Å². The Morgan fingerprint density at radius 2 is 2.00 bits per heavy atom. The van der Waals surface area contributed by atoms with Crippen molar-refractivity contribution >= 4 is 5.78 Å². The predicted molar refractivity (Wildman–Crippen MR) is 77.3 cm³/mol. The Bertz CT molecular complexity index is 533. The molecule has 5 heteroatoms. The number of pyridine rings is 1. The maximum Gasteiger partial charge on any atom is 0.227 e. The van der Waals surface area contributed by atoms with Gasteiger partial charge < -0.3 is 14.8 Å². The number of hydrogen-bond donors (Lipinski definition) is 2. The minimum Gasteiger partial charge on any atom is -0.503 e. The molecule has 0 bridgehead atoms. The fourth-order valence-electron chi connectivity index (χ4n) is 2.34. The molecule has 0 saturated carbocycles. The van der Waals surface area contributed by atoms with Crippen LogP contribution in [0.3, 0.4) is 0 Å². The maximum absolute atomic E-state index is 11.6. The molecule has 112 valence electrons. The molecule has 1 atom stereocenters. The maximum atomic E-state index is 11.6. The summed E-state index contributed by atoms with van der Waals surface area (Å²) in [6.45, 7) is 5.85. The second kappa shape index (κ2) is 7.12. The molecule has 1 unspecified atom stereocenters. The first-order chi connectivity index (χ1) is 9.42. The third-order valence-corrected chi connectivity index (χ3v) is 3.58. The van der Waals surface area contributed by atoms with Gasteiger partial charge in [-0.05, 0) is 12.3 Å². The second-order valence-corrected chi connectivity index (χ2v) is 5.15. The molecule has 0 aliphatic rings. The van der Waals surface area contributed by atoms with Crippen molar-refractivity contribution in [2.24, 2.45) is 5.92 Å². The van der Waals surface area contributed by atoms with Crippen LogP contribution in [0.15, 0.2) is 10.9 Å². The normalized spacial score (nSPS) is 12.3. The van der Waals surface area contributed by atoms with Gasteiger partial charge in [0.05, 0.1) is 0 Å². The first-order valence-electron chi connectivity index (χ1n) is 7.09. The summed E-state index contributed by atoms with van der Waals surface area (Å²) in [5.74, 6) is -0.990. The summed E-state index contributed by atoms with van der Waals surface area (Å²) in [6.07, 6.45) is 4.04. The third kappa shape index (κ3) is 3.62.